The summed E-state index contributed by atoms with van der Waals surface area (Å²) >= 11 is 0. The van der Waals surface area contributed by atoms with Crippen LogP contribution in [0.1, 0.15) is 6.92 Å². The molecule has 104 valence electrons. The Bertz CT molecular complexity index is 415. The van der Waals surface area contributed by atoms with Crippen LogP contribution in [-0.4, -0.2) is 32.1 Å². The monoisotopic (exact) mass is 266 g/mol. The summed E-state index contributed by atoms with van der Waals surface area (Å²) in [6.45, 7) is 1.93. The van der Waals surface area contributed by atoms with Gasteiger partial charge in [0.2, 0.25) is 0 Å². The fourth-order valence-electron chi connectivity index (χ4n) is 0.946. The van der Waals surface area contributed by atoms with Crippen molar-refractivity contribution in [2.45, 2.75) is 6.92 Å². The first kappa shape index (κ1) is 16.6. The van der Waals surface area contributed by atoms with Crippen LogP contribution in [0.25, 0.3) is 0 Å². The predicted octanol–water partition coefficient (Wildman–Crippen LogP) is 2.19. The second-order valence-corrected chi connectivity index (χ2v) is 3.35. The molecule has 5 nitrogen and oxygen atoms in total. The van der Waals surface area contributed by atoms with Crippen molar-refractivity contribution >= 4 is 0 Å². The minimum absolute atomic E-state index is 0.0880. The largest absolute Gasteiger partial charge is 0.508 e. The van der Waals surface area contributed by atoms with Crippen molar-refractivity contribution in [3.8, 4) is 23.0 Å². The van der Waals surface area contributed by atoms with Gasteiger partial charge in [0.05, 0.1) is 0 Å². The van der Waals surface area contributed by atoms with Crippen molar-refractivity contribution in [2.75, 3.05) is 6.61 Å². The topological polar surface area (TPSA) is 101 Å². The highest BCUT2D eigenvalue weighted by Gasteiger charge is 1.85. The molecule has 0 saturated heterocycles. The van der Waals surface area contributed by atoms with E-state index in [4.69, 9.17) is 25.5 Å². The molecule has 0 atom stereocenters. The Morgan fingerprint density at radius 3 is 1.21 bits per heavy atom. The number of phenols is 4. The van der Waals surface area contributed by atoms with E-state index in [2.05, 4.69) is 0 Å². The van der Waals surface area contributed by atoms with Gasteiger partial charge in [0.15, 0.2) is 0 Å². The number of rotatable bonds is 0. The Hall–Kier alpha value is -2.40. The van der Waals surface area contributed by atoms with Crippen molar-refractivity contribution < 1.29 is 25.5 Å². The number of aromatic hydroxyl groups is 4. The maximum Gasteiger partial charge on any atom is 0.119 e. The predicted molar refractivity (Wildman–Crippen MR) is 72.3 cm³/mol. The first-order valence-electron chi connectivity index (χ1n) is 5.56. The molecule has 0 heterocycles. The number of aliphatic hydroxyl groups is 1. The number of aliphatic hydroxyl groups excluding tert-OH is 1. The van der Waals surface area contributed by atoms with Crippen LogP contribution in [0, 0.1) is 0 Å². The van der Waals surface area contributed by atoms with E-state index in [-0.39, 0.29) is 29.6 Å². The summed E-state index contributed by atoms with van der Waals surface area (Å²) in [5.41, 5.74) is 0. The molecule has 0 aliphatic rings. The maximum atomic E-state index is 8.65. The summed E-state index contributed by atoms with van der Waals surface area (Å²) in [7, 11) is 0. The van der Waals surface area contributed by atoms with Crippen molar-refractivity contribution in [2.24, 2.45) is 0 Å². The molecule has 5 heteroatoms. The lowest BCUT2D eigenvalue weighted by Crippen LogP contribution is -1.61. The summed E-state index contributed by atoms with van der Waals surface area (Å²) < 4.78 is 0. The van der Waals surface area contributed by atoms with Gasteiger partial charge in [0.1, 0.15) is 23.0 Å². The molecule has 2 rings (SSSR count). The Balaban J connectivity index is 0.000000284. The van der Waals surface area contributed by atoms with Gasteiger partial charge in [-0.2, -0.15) is 0 Å². The van der Waals surface area contributed by atoms with E-state index in [9.17, 15) is 0 Å². The van der Waals surface area contributed by atoms with Crippen LogP contribution >= 0.6 is 0 Å². The number of phenolic OH excluding ortho intramolecular Hbond substituents is 4. The zero-order valence-corrected chi connectivity index (χ0v) is 10.6. The molecule has 0 fully saturated rings. The molecule has 0 saturated carbocycles. The van der Waals surface area contributed by atoms with Gasteiger partial charge >= 0.3 is 0 Å². The quantitative estimate of drug-likeness (QED) is 0.470. The summed E-state index contributed by atoms with van der Waals surface area (Å²) in [6.07, 6.45) is 0. The molecule has 0 aliphatic carbocycles. The van der Waals surface area contributed by atoms with Gasteiger partial charge in [-0.3, -0.25) is 0 Å². The first-order valence-corrected chi connectivity index (χ1v) is 5.56. The summed E-state index contributed by atoms with van der Waals surface area (Å²) in [6, 6.07) is 11.6. The fraction of sp³-hybridized carbons (Fsp3) is 0.143. The van der Waals surface area contributed by atoms with E-state index in [0.717, 1.165) is 0 Å². The highest BCUT2D eigenvalue weighted by molar-refractivity contribution is 5.30. The molecular formula is C14H18O5. The SMILES string of the molecule is CCO.Oc1ccc(O)cc1.Oc1cccc(O)c1. The number of benzene rings is 2. The van der Waals surface area contributed by atoms with Crippen molar-refractivity contribution in [3.63, 3.8) is 0 Å². The fourth-order valence-corrected chi connectivity index (χ4v) is 0.946. The zero-order valence-electron chi connectivity index (χ0n) is 10.6. The normalized spacial score (nSPS) is 8.53. The van der Waals surface area contributed by atoms with E-state index in [1.54, 1.807) is 13.0 Å². The van der Waals surface area contributed by atoms with Crippen molar-refractivity contribution in [3.05, 3.63) is 48.5 Å². The molecule has 0 bridgehead atoms. The Kier molecular flexibility index (Phi) is 8.40. The zero-order chi connectivity index (χ0) is 14.7. The third kappa shape index (κ3) is 9.31. The van der Waals surface area contributed by atoms with Crippen LogP contribution < -0.4 is 0 Å². The van der Waals surface area contributed by atoms with Gasteiger partial charge < -0.3 is 25.5 Å². The lowest BCUT2D eigenvalue weighted by atomic mass is 10.3. The molecule has 2 aromatic rings. The van der Waals surface area contributed by atoms with Crippen molar-refractivity contribution in [1.29, 1.82) is 0 Å². The Morgan fingerprint density at radius 2 is 1.00 bits per heavy atom. The smallest absolute Gasteiger partial charge is 0.119 e. The molecule has 0 radical (unpaired) electrons. The Morgan fingerprint density at radius 1 is 0.684 bits per heavy atom. The van der Waals surface area contributed by atoms with Crippen LogP contribution in [0.2, 0.25) is 0 Å². The molecule has 0 aliphatic heterocycles. The standard InChI is InChI=1S/2C6H6O2.C2H6O/c7-5-1-2-6(8)4-3-5;7-5-2-1-3-6(8)4-5;1-2-3/h2*1-4,7-8H;3H,2H2,1H3. The first-order chi connectivity index (χ1) is 8.99. The van der Waals surface area contributed by atoms with Crippen LogP contribution in [0.4, 0.5) is 0 Å². The minimum Gasteiger partial charge on any atom is -0.508 e. The van der Waals surface area contributed by atoms with Crippen LogP contribution in [-0.2, 0) is 0 Å². The summed E-state index contributed by atoms with van der Waals surface area (Å²) in [4.78, 5) is 0. The average molecular weight is 266 g/mol. The lowest BCUT2D eigenvalue weighted by molar-refractivity contribution is 0.318. The second kappa shape index (κ2) is 9.61. The molecule has 0 spiro atoms. The van der Waals surface area contributed by atoms with Crippen LogP contribution in [0.5, 0.6) is 23.0 Å². The maximum absolute atomic E-state index is 8.65. The third-order valence-electron chi connectivity index (χ3n) is 1.68. The summed E-state index contributed by atoms with van der Waals surface area (Å²) in [5, 5.41) is 42.2. The molecule has 0 amide bonds. The third-order valence-corrected chi connectivity index (χ3v) is 1.68. The molecule has 2 aromatic carbocycles. The second-order valence-electron chi connectivity index (χ2n) is 3.35. The van der Waals surface area contributed by atoms with E-state index in [0.29, 0.717) is 0 Å². The molecule has 19 heavy (non-hydrogen) atoms. The van der Waals surface area contributed by atoms with Crippen LogP contribution in [0.3, 0.4) is 0 Å². The van der Waals surface area contributed by atoms with Gasteiger partial charge in [-0.25, -0.2) is 0 Å². The summed E-state index contributed by atoms with van der Waals surface area (Å²) in [5.74, 6) is 0.514. The molecule has 0 unspecified atom stereocenters. The average Bonchev–Trinajstić information content (AvgIpc) is 2.34. The molecule has 0 aromatic heterocycles. The van der Waals surface area contributed by atoms with Gasteiger partial charge in [-0.05, 0) is 43.3 Å². The van der Waals surface area contributed by atoms with E-state index in [1.165, 1.54) is 42.5 Å². The number of hydrogen-bond acceptors (Lipinski definition) is 5. The van der Waals surface area contributed by atoms with Gasteiger partial charge in [0, 0.05) is 12.7 Å². The number of hydrogen-bond donors (Lipinski definition) is 5. The van der Waals surface area contributed by atoms with Crippen molar-refractivity contribution in [1.82, 2.24) is 0 Å². The molecular weight excluding hydrogens is 248 g/mol. The highest BCUT2D eigenvalue weighted by Crippen LogP contribution is 2.15. The van der Waals surface area contributed by atoms with E-state index < -0.39 is 0 Å². The van der Waals surface area contributed by atoms with Gasteiger partial charge in [-0.15, -0.1) is 0 Å². The van der Waals surface area contributed by atoms with E-state index >= 15 is 0 Å². The lowest BCUT2D eigenvalue weighted by Gasteiger charge is -1.89. The van der Waals surface area contributed by atoms with E-state index in [1.807, 2.05) is 0 Å². The van der Waals surface area contributed by atoms with Crippen LogP contribution in [0.15, 0.2) is 48.5 Å². The highest BCUT2D eigenvalue weighted by atomic mass is 16.3. The minimum atomic E-state index is 0.0880. The Labute approximate surface area is 111 Å². The van der Waals surface area contributed by atoms with Gasteiger partial charge in [0.25, 0.3) is 0 Å². The molecule has 5 N–H and O–H groups in total. The van der Waals surface area contributed by atoms with Gasteiger partial charge in [-0.1, -0.05) is 6.07 Å².